The Kier molecular flexibility index (Phi) is 11.8. The first-order valence-electron chi connectivity index (χ1n) is 13.7. The van der Waals surface area contributed by atoms with Gasteiger partial charge in [0.25, 0.3) is 10.1 Å². The number of sulfone groups is 2. The van der Waals surface area contributed by atoms with Crippen LogP contribution in [0.1, 0.15) is 0 Å². The van der Waals surface area contributed by atoms with E-state index in [1.807, 2.05) is 0 Å². The van der Waals surface area contributed by atoms with Gasteiger partial charge in [-0.15, -0.1) is 10.2 Å². The van der Waals surface area contributed by atoms with Gasteiger partial charge in [-0.3, -0.25) is 13.7 Å². The summed E-state index contributed by atoms with van der Waals surface area (Å²) in [5.41, 5.74) is 4.70. The Morgan fingerprint density at radius 1 is 0.596 bits per heavy atom. The summed E-state index contributed by atoms with van der Waals surface area (Å²) in [5, 5.41) is 26.3. The summed E-state index contributed by atoms with van der Waals surface area (Å²) < 4.78 is 154. The number of phenolic OH excluding ortho intramolecular Hbond substituents is 1. The fourth-order valence-corrected chi connectivity index (χ4v) is 7.96. The fourth-order valence-electron chi connectivity index (χ4n) is 4.26. The highest BCUT2D eigenvalue weighted by molar-refractivity contribution is 7.91. The maximum absolute atomic E-state index is 12.6. The van der Waals surface area contributed by atoms with Crippen molar-refractivity contribution < 1.29 is 69.2 Å². The summed E-state index contributed by atoms with van der Waals surface area (Å²) in [5.74, 6) is -2.57. The minimum absolute atomic E-state index is 0.0368. The van der Waals surface area contributed by atoms with E-state index >= 15 is 0 Å². The van der Waals surface area contributed by atoms with Gasteiger partial charge in [-0.25, -0.2) is 25.2 Å². The highest BCUT2D eigenvalue weighted by Gasteiger charge is 2.24. The number of azo groups is 2. The molecule has 4 aromatic carbocycles. The van der Waals surface area contributed by atoms with Crippen LogP contribution in [-0.2, 0) is 59.0 Å². The van der Waals surface area contributed by atoms with Gasteiger partial charge in [0, 0.05) is 16.5 Å². The minimum atomic E-state index is -5.17. The van der Waals surface area contributed by atoms with Crippen molar-refractivity contribution in [3.63, 3.8) is 0 Å². The van der Waals surface area contributed by atoms with Crippen molar-refractivity contribution in [1.82, 2.24) is 0 Å². The van der Waals surface area contributed by atoms with Crippen molar-refractivity contribution in [2.75, 3.05) is 30.5 Å². The molecule has 0 spiro atoms. The van der Waals surface area contributed by atoms with Crippen molar-refractivity contribution in [2.45, 2.75) is 14.7 Å². The van der Waals surface area contributed by atoms with Gasteiger partial charge in [-0.05, 0) is 54.6 Å². The van der Waals surface area contributed by atoms with Crippen molar-refractivity contribution >= 4 is 89.8 Å². The lowest BCUT2D eigenvalue weighted by Gasteiger charge is -2.11. The van der Waals surface area contributed by atoms with Crippen LogP contribution in [0.15, 0.2) is 102 Å². The van der Waals surface area contributed by atoms with Crippen LogP contribution >= 0.6 is 0 Å². The number of nitrogen functional groups attached to an aromatic ring is 1. The summed E-state index contributed by atoms with van der Waals surface area (Å²) >= 11 is 0. The molecular weight excluding hydrogens is 799 g/mol. The molecule has 0 radical (unpaired) electrons. The zero-order chi connectivity index (χ0) is 38.7. The predicted octanol–water partition coefficient (Wildman–Crippen LogP) is 3.39. The summed E-state index contributed by atoms with van der Waals surface area (Å²) in [7, 11) is -23.3. The van der Waals surface area contributed by atoms with Crippen LogP contribution in [0.2, 0.25) is 0 Å². The predicted molar refractivity (Wildman–Crippen MR) is 180 cm³/mol. The number of nitrogens with two attached hydrogens (primary N) is 1. The molecule has 0 aliphatic heterocycles. The average Bonchev–Trinajstić information content (AvgIpc) is 3.01. The number of aromatic hydroxyl groups is 1. The molecule has 26 heteroatoms. The Hall–Kier alpha value is -4.51. The molecule has 0 fully saturated rings. The van der Waals surface area contributed by atoms with Gasteiger partial charge in [0.15, 0.2) is 25.4 Å². The molecule has 280 valence electrons. The number of rotatable bonds is 15. The molecule has 0 heterocycles. The van der Waals surface area contributed by atoms with Crippen molar-refractivity contribution in [2.24, 2.45) is 20.5 Å². The van der Waals surface area contributed by atoms with Gasteiger partial charge < -0.3 is 10.8 Å². The Morgan fingerprint density at radius 3 is 1.54 bits per heavy atom. The summed E-state index contributed by atoms with van der Waals surface area (Å²) in [6.45, 7) is -1.79. The maximum Gasteiger partial charge on any atom is 0.397 e. The average molecular weight is 824 g/mol. The Bertz CT molecular complexity index is 2670. The van der Waals surface area contributed by atoms with E-state index in [1.165, 1.54) is 42.5 Å². The molecule has 52 heavy (non-hydrogen) atoms. The molecule has 4 aromatic rings. The molecule has 0 saturated carbocycles. The molecule has 0 bridgehead atoms. The number of phenols is 1. The number of benzene rings is 4. The van der Waals surface area contributed by atoms with Crippen LogP contribution in [0.25, 0.3) is 10.8 Å². The van der Waals surface area contributed by atoms with Gasteiger partial charge in [0.05, 0.1) is 51.6 Å². The van der Waals surface area contributed by atoms with E-state index in [0.717, 1.165) is 24.3 Å². The molecule has 0 aliphatic rings. The number of nitrogens with zero attached hydrogens (tertiary/aromatic N) is 4. The molecule has 21 nitrogen and oxygen atoms in total. The molecule has 0 aliphatic carbocycles. The van der Waals surface area contributed by atoms with E-state index in [4.69, 9.17) is 14.8 Å². The van der Waals surface area contributed by atoms with Crippen LogP contribution in [-0.4, -0.2) is 85.6 Å². The second-order valence-corrected chi connectivity index (χ2v) is 18.0. The quantitative estimate of drug-likeness (QED) is 0.0651. The lowest BCUT2D eigenvalue weighted by atomic mass is 10.1. The first kappa shape index (κ1) is 40.3. The highest BCUT2D eigenvalue weighted by Crippen LogP contribution is 2.45. The van der Waals surface area contributed by atoms with E-state index in [2.05, 4.69) is 28.8 Å². The second kappa shape index (κ2) is 15.2. The summed E-state index contributed by atoms with van der Waals surface area (Å²) in [4.78, 5) is -1.69. The Labute approximate surface area is 295 Å². The largest absolute Gasteiger partial charge is 0.505 e. The smallest absolute Gasteiger partial charge is 0.397 e. The number of fused-ring (bicyclic) bond motifs is 1. The molecule has 0 unspecified atom stereocenters. The molecule has 6 N–H and O–H groups in total. The molecule has 0 atom stereocenters. The first-order chi connectivity index (χ1) is 24.0. The van der Waals surface area contributed by atoms with Crippen LogP contribution < -0.4 is 5.73 Å². The molecular formula is C26H25N5O16S5. The Morgan fingerprint density at radius 2 is 1.08 bits per heavy atom. The van der Waals surface area contributed by atoms with Crippen molar-refractivity contribution in [1.29, 1.82) is 0 Å². The topological polar surface area (TPSA) is 346 Å². The number of hydrogen-bond acceptors (Lipinski definition) is 18. The van der Waals surface area contributed by atoms with Gasteiger partial charge in [-0.2, -0.15) is 35.5 Å². The van der Waals surface area contributed by atoms with Gasteiger partial charge in [-0.1, -0.05) is 12.1 Å². The van der Waals surface area contributed by atoms with Crippen molar-refractivity contribution in [3.05, 3.63) is 66.7 Å². The lowest BCUT2D eigenvalue weighted by Crippen LogP contribution is -2.15. The molecule has 0 saturated heterocycles. The van der Waals surface area contributed by atoms with Crippen LogP contribution in [0, 0.1) is 0 Å². The van der Waals surface area contributed by atoms with Crippen LogP contribution in [0.4, 0.5) is 28.4 Å². The molecule has 0 amide bonds. The van der Waals surface area contributed by atoms with Gasteiger partial charge in [0.1, 0.15) is 10.6 Å². The third kappa shape index (κ3) is 10.8. The Balaban J connectivity index is 1.72. The van der Waals surface area contributed by atoms with E-state index in [-0.39, 0.29) is 38.4 Å². The summed E-state index contributed by atoms with van der Waals surface area (Å²) in [6.07, 6.45) is 0. The van der Waals surface area contributed by atoms with Gasteiger partial charge >= 0.3 is 20.8 Å². The molecule has 0 aromatic heterocycles. The zero-order valence-electron chi connectivity index (χ0n) is 25.8. The third-order valence-corrected chi connectivity index (χ3v) is 11.7. The van der Waals surface area contributed by atoms with Crippen molar-refractivity contribution in [3.8, 4) is 5.75 Å². The van der Waals surface area contributed by atoms with Crippen LogP contribution in [0.5, 0.6) is 5.75 Å². The highest BCUT2D eigenvalue weighted by atomic mass is 32.3. The number of anilines is 1. The van der Waals surface area contributed by atoms with Crippen LogP contribution in [0.3, 0.4) is 0 Å². The standard InChI is InChI=1S/C26H25N5O16S5/c27-16-11-22-21(23(12-16)30-28-17-3-1-5-19(13-17)48(33,34)9-7-46-51(40,41)42)15-24(50(37,38)39)25(26(22)32)31-29-18-4-2-6-20(14-18)49(35,36)10-8-47-52(43,44)45/h1-6,11-15,32H,7-10,27H2,(H,37,38,39)(H,40,41,42)(H,43,44,45). The van der Waals surface area contributed by atoms with E-state index in [9.17, 15) is 51.7 Å². The summed E-state index contributed by atoms with van der Waals surface area (Å²) in [6, 6.07) is 12.7. The van der Waals surface area contributed by atoms with E-state index in [1.54, 1.807) is 0 Å². The third-order valence-electron chi connectivity index (χ3n) is 6.51. The normalized spacial score (nSPS) is 13.4. The van der Waals surface area contributed by atoms with E-state index < -0.39 is 96.5 Å². The van der Waals surface area contributed by atoms with E-state index in [0.29, 0.717) is 0 Å². The molecule has 4 rings (SSSR count). The number of hydrogen-bond donors (Lipinski definition) is 5. The first-order valence-corrected chi connectivity index (χ1v) is 21.2. The SMILES string of the molecule is Nc1cc(N=Nc2cccc(S(=O)(=O)CCOS(=O)(=O)O)c2)c2cc(S(=O)(=O)O)c(N=Nc3cccc(S(=O)(=O)CCOS(=O)(=O)O)c3)c(O)c2c1. The minimum Gasteiger partial charge on any atom is -0.505 e. The maximum atomic E-state index is 12.6. The fraction of sp³-hybridized carbons (Fsp3) is 0.154. The monoisotopic (exact) mass is 823 g/mol. The lowest BCUT2D eigenvalue weighted by molar-refractivity contribution is 0.282. The zero-order valence-corrected chi connectivity index (χ0v) is 29.9. The van der Waals surface area contributed by atoms with Gasteiger partial charge in [0.2, 0.25) is 0 Å². The second-order valence-electron chi connectivity index (χ2n) is 10.2.